The Morgan fingerprint density at radius 2 is 2.17 bits per heavy atom. The third-order valence-electron chi connectivity index (χ3n) is 2.80. The molecule has 2 rings (SSSR count). The Kier molecular flexibility index (Phi) is 3.53. The summed E-state index contributed by atoms with van der Waals surface area (Å²) in [5, 5.41) is 7.42. The summed E-state index contributed by atoms with van der Waals surface area (Å²) >= 11 is 1.67. The highest BCUT2D eigenvalue weighted by atomic mass is 32.1. The maximum absolute atomic E-state index is 11.2. The molecule has 0 saturated carbocycles. The van der Waals surface area contributed by atoms with Crippen molar-refractivity contribution >= 4 is 28.6 Å². The van der Waals surface area contributed by atoms with Gasteiger partial charge in [0, 0.05) is 6.54 Å². The smallest absolute Gasteiger partial charge is 0.250 e. The van der Waals surface area contributed by atoms with E-state index in [1.807, 2.05) is 6.07 Å². The van der Waals surface area contributed by atoms with Crippen molar-refractivity contribution in [1.82, 2.24) is 0 Å². The molecule has 5 heteroatoms. The molecule has 94 valence electrons. The number of nitrogens with one attached hydrogen (secondary N) is 1. The second kappa shape index (κ2) is 5.10. The molecule has 0 fully saturated rings. The monoisotopic (exact) mass is 261 g/mol. The topological polar surface area (TPSA) is 81.1 Å². The van der Waals surface area contributed by atoms with Gasteiger partial charge in [-0.05, 0) is 40.9 Å². The second-order valence-electron chi connectivity index (χ2n) is 4.06. The molecule has 0 saturated heterocycles. The lowest BCUT2D eigenvalue weighted by Gasteiger charge is -2.11. The fourth-order valence-corrected chi connectivity index (χ4v) is 2.55. The number of anilines is 2. The molecule has 0 aliphatic heterocycles. The highest BCUT2D eigenvalue weighted by Crippen LogP contribution is 2.24. The van der Waals surface area contributed by atoms with Crippen molar-refractivity contribution in [2.75, 3.05) is 11.1 Å². The molecule has 0 spiro atoms. The average molecular weight is 261 g/mol. The third kappa shape index (κ3) is 2.46. The summed E-state index contributed by atoms with van der Waals surface area (Å²) in [4.78, 5) is 11.2. The van der Waals surface area contributed by atoms with E-state index in [0.29, 0.717) is 17.8 Å². The van der Waals surface area contributed by atoms with Crippen molar-refractivity contribution in [3.8, 4) is 0 Å². The number of nitrogen functional groups attached to an aromatic ring is 1. The number of benzene rings is 1. The van der Waals surface area contributed by atoms with E-state index in [2.05, 4.69) is 23.0 Å². The Hall–Kier alpha value is -2.01. The zero-order valence-electron chi connectivity index (χ0n) is 10.1. The number of carbonyl (C=O) groups excluding carboxylic acids is 1. The van der Waals surface area contributed by atoms with E-state index in [9.17, 15) is 4.79 Å². The minimum absolute atomic E-state index is 0.349. The van der Waals surface area contributed by atoms with Crippen LogP contribution in [0.1, 0.15) is 21.5 Å². The van der Waals surface area contributed by atoms with Crippen molar-refractivity contribution in [1.29, 1.82) is 0 Å². The van der Waals surface area contributed by atoms with Crippen LogP contribution < -0.4 is 16.8 Å². The molecule has 4 nitrogen and oxygen atoms in total. The first kappa shape index (κ1) is 12.4. The molecule has 0 aliphatic rings. The summed E-state index contributed by atoms with van der Waals surface area (Å²) in [6, 6.07) is 5.22. The van der Waals surface area contributed by atoms with Crippen LogP contribution in [0.3, 0.4) is 0 Å². The number of hydrogen-bond donors (Lipinski definition) is 3. The van der Waals surface area contributed by atoms with E-state index in [-0.39, 0.29) is 0 Å². The minimum atomic E-state index is -0.511. The van der Waals surface area contributed by atoms with Crippen LogP contribution >= 0.6 is 11.3 Å². The first-order valence-electron chi connectivity index (χ1n) is 5.53. The van der Waals surface area contributed by atoms with Crippen LogP contribution in [0.2, 0.25) is 0 Å². The van der Waals surface area contributed by atoms with Crippen molar-refractivity contribution < 1.29 is 4.79 Å². The van der Waals surface area contributed by atoms with Crippen LogP contribution in [0.25, 0.3) is 0 Å². The van der Waals surface area contributed by atoms with Gasteiger partial charge >= 0.3 is 0 Å². The molecule has 0 atom stereocenters. The molecule has 1 amide bonds. The molecule has 18 heavy (non-hydrogen) atoms. The van der Waals surface area contributed by atoms with E-state index in [1.54, 1.807) is 23.5 Å². The number of thiophene rings is 1. The minimum Gasteiger partial charge on any atom is -0.396 e. The number of para-hydroxylation sites is 1. The fraction of sp³-hybridized carbons (Fsp3) is 0.154. The second-order valence-corrected chi connectivity index (χ2v) is 4.81. The summed E-state index contributed by atoms with van der Waals surface area (Å²) < 4.78 is 0. The maximum atomic E-state index is 11.2. The molecule has 0 radical (unpaired) electrons. The van der Waals surface area contributed by atoms with Gasteiger partial charge in [0.2, 0.25) is 0 Å². The van der Waals surface area contributed by atoms with Gasteiger partial charge in [-0.2, -0.15) is 11.3 Å². The Labute approximate surface area is 110 Å². The van der Waals surface area contributed by atoms with Crippen molar-refractivity contribution in [3.63, 3.8) is 0 Å². The fourth-order valence-electron chi connectivity index (χ4n) is 1.69. The maximum Gasteiger partial charge on any atom is 0.250 e. The number of carbonyl (C=O) groups is 1. The zero-order valence-corrected chi connectivity index (χ0v) is 10.9. The normalized spacial score (nSPS) is 10.3. The lowest BCUT2D eigenvalue weighted by molar-refractivity contribution is 0.100. The van der Waals surface area contributed by atoms with Crippen LogP contribution in [0.4, 0.5) is 11.4 Å². The molecule has 0 aliphatic carbocycles. The van der Waals surface area contributed by atoms with E-state index < -0.39 is 5.91 Å². The van der Waals surface area contributed by atoms with Gasteiger partial charge in [0.25, 0.3) is 5.91 Å². The molecule has 0 unspecified atom stereocenters. The number of hydrogen-bond acceptors (Lipinski definition) is 4. The van der Waals surface area contributed by atoms with Crippen molar-refractivity contribution in [2.24, 2.45) is 5.73 Å². The molecule has 5 N–H and O–H groups in total. The van der Waals surface area contributed by atoms with E-state index in [0.717, 1.165) is 5.69 Å². The number of primary amides is 1. The predicted molar refractivity (Wildman–Crippen MR) is 75.8 cm³/mol. The van der Waals surface area contributed by atoms with Crippen LogP contribution in [0.15, 0.2) is 29.0 Å². The SMILES string of the molecule is Cc1cscc1CNc1cccc(C(N)=O)c1N. The van der Waals surface area contributed by atoms with E-state index >= 15 is 0 Å². The van der Waals surface area contributed by atoms with Crippen LogP contribution in [-0.4, -0.2) is 5.91 Å². The van der Waals surface area contributed by atoms with Gasteiger partial charge in [-0.1, -0.05) is 6.07 Å². The molecular formula is C13H15N3OS. The van der Waals surface area contributed by atoms with Gasteiger partial charge in [0.1, 0.15) is 0 Å². The Bertz CT molecular complexity index is 577. The molecule has 2 aromatic rings. The van der Waals surface area contributed by atoms with Crippen LogP contribution in [0.5, 0.6) is 0 Å². The number of nitrogens with two attached hydrogens (primary N) is 2. The first-order valence-corrected chi connectivity index (χ1v) is 6.47. The summed E-state index contributed by atoms with van der Waals surface area (Å²) in [6.45, 7) is 2.75. The summed E-state index contributed by atoms with van der Waals surface area (Å²) in [5.74, 6) is -0.511. The molecule has 0 bridgehead atoms. The Morgan fingerprint density at radius 1 is 1.39 bits per heavy atom. The number of rotatable bonds is 4. The van der Waals surface area contributed by atoms with Crippen molar-refractivity contribution in [2.45, 2.75) is 13.5 Å². The standard InChI is InChI=1S/C13H15N3OS/c1-8-6-18-7-9(8)5-16-11-4-2-3-10(12(11)14)13(15)17/h2-4,6-7,16H,5,14H2,1H3,(H2,15,17). The quantitative estimate of drug-likeness (QED) is 0.739. The van der Waals surface area contributed by atoms with E-state index in [4.69, 9.17) is 11.5 Å². The van der Waals surface area contributed by atoms with Gasteiger partial charge in [-0.25, -0.2) is 0 Å². The lowest BCUT2D eigenvalue weighted by atomic mass is 10.1. The van der Waals surface area contributed by atoms with Crippen molar-refractivity contribution in [3.05, 3.63) is 45.6 Å². The molecular weight excluding hydrogens is 246 g/mol. The Balaban J connectivity index is 2.17. The first-order chi connectivity index (χ1) is 8.59. The lowest BCUT2D eigenvalue weighted by Crippen LogP contribution is -2.14. The van der Waals surface area contributed by atoms with Gasteiger partial charge in [-0.15, -0.1) is 0 Å². The summed E-state index contributed by atoms with van der Waals surface area (Å²) in [5.41, 5.74) is 15.1. The van der Waals surface area contributed by atoms with Gasteiger partial charge < -0.3 is 16.8 Å². The molecule has 1 aromatic carbocycles. The van der Waals surface area contributed by atoms with Gasteiger partial charge in [0.15, 0.2) is 0 Å². The van der Waals surface area contributed by atoms with Crippen LogP contribution in [-0.2, 0) is 6.54 Å². The summed E-state index contributed by atoms with van der Waals surface area (Å²) in [6.07, 6.45) is 0. The number of aryl methyl sites for hydroxylation is 1. The number of amides is 1. The summed E-state index contributed by atoms with van der Waals surface area (Å²) in [7, 11) is 0. The average Bonchev–Trinajstić information content (AvgIpc) is 2.73. The predicted octanol–water partition coefficient (Wildman–Crippen LogP) is 2.35. The Morgan fingerprint density at radius 3 is 2.78 bits per heavy atom. The third-order valence-corrected chi connectivity index (χ3v) is 3.71. The van der Waals surface area contributed by atoms with Crippen LogP contribution in [0, 0.1) is 6.92 Å². The highest BCUT2D eigenvalue weighted by Gasteiger charge is 2.09. The van der Waals surface area contributed by atoms with E-state index in [1.165, 1.54) is 11.1 Å². The largest absolute Gasteiger partial charge is 0.396 e. The molecule has 1 heterocycles. The highest BCUT2D eigenvalue weighted by molar-refractivity contribution is 7.08. The molecule has 1 aromatic heterocycles. The van der Waals surface area contributed by atoms with Gasteiger partial charge in [0.05, 0.1) is 16.9 Å². The zero-order chi connectivity index (χ0) is 13.1. The van der Waals surface area contributed by atoms with Gasteiger partial charge in [-0.3, -0.25) is 4.79 Å².